The van der Waals surface area contributed by atoms with Gasteiger partial charge in [-0.1, -0.05) is 41.7 Å². The molecule has 0 unspecified atom stereocenters. The molecule has 0 N–H and O–H groups in total. The van der Waals surface area contributed by atoms with Crippen LogP contribution >= 0.6 is 11.3 Å². The fraction of sp³-hybridized carbons (Fsp3) is 0.0588. The summed E-state index contributed by atoms with van der Waals surface area (Å²) in [5, 5.41) is 2.30. The summed E-state index contributed by atoms with van der Waals surface area (Å²) in [6, 6.07) is 14.3. The summed E-state index contributed by atoms with van der Waals surface area (Å²) < 4.78 is 2.69. The van der Waals surface area contributed by atoms with Gasteiger partial charge in [-0.05, 0) is 23.1 Å². The molecule has 0 atom stereocenters. The molecule has 2 heterocycles. The highest BCUT2D eigenvalue weighted by Gasteiger charge is 2.08. The Morgan fingerprint density at radius 2 is 1.95 bits per heavy atom. The summed E-state index contributed by atoms with van der Waals surface area (Å²) in [4.78, 5) is 16.2. The quantitative estimate of drug-likeness (QED) is 0.534. The Kier molecular flexibility index (Phi) is 2.65. The lowest BCUT2D eigenvalue weighted by molar-refractivity contribution is 0.939. The smallest absolute Gasteiger partial charge is 0.302 e. The van der Waals surface area contributed by atoms with E-state index in [9.17, 15) is 4.79 Å². The van der Waals surface area contributed by atoms with E-state index >= 15 is 0 Å². The third-order valence-electron chi connectivity index (χ3n) is 3.77. The number of nitrogens with zero attached hydrogens (tertiary/aromatic N) is 2. The SMILES string of the molecule is Cn1c(=O)sc2cc(-c3cncc4ccccc34)ccc21. The minimum Gasteiger partial charge on any atom is -0.302 e. The van der Waals surface area contributed by atoms with Crippen LogP contribution in [0, 0.1) is 0 Å². The summed E-state index contributed by atoms with van der Waals surface area (Å²) in [7, 11) is 1.81. The molecule has 4 aromatic rings. The van der Waals surface area contributed by atoms with E-state index in [0.717, 1.165) is 26.7 Å². The van der Waals surface area contributed by atoms with E-state index in [2.05, 4.69) is 29.2 Å². The fourth-order valence-electron chi connectivity index (χ4n) is 2.65. The summed E-state index contributed by atoms with van der Waals surface area (Å²) in [6.07, 6.45) is 3.76. The van der Waals surface area contributed by atoms with Crippen LogP contribution in [-0.2, 0) is 7.05 Å². The van der Waals surface area contributed by atoms with E-state index in [1.807, 2.05) is 30.6 Å². The lowest BCUT2D eigenvalue weighted by Gasteiger charge is -2.06. The highest BCUT2D eigenvalue weighted by atomic mass is 32.1. The molecule has 4 rings (SSSR count). The number of benzene rings is 2. The van der Waals surface area contributed by atoms with Gasteiger partial charge in [-0.15, -0.1) is 0 Å². The molecule has 2 aromatic heterocycles. The van der Waals surface area contributed by atoms with Crippen molar-refractivity contribution in [2.45, 2.75) is 0 Å². The largest absolute Gasteiger partial charge is 0.307 e. The molecule has 0 fully saturated rings. The molecule has 2 aromatic carbocycles. The zero-order chi connectivity index (χ0) is 14.4. The molecule has 0 saturated heterocycles. The van der Waals surface area contributed by atoms with E-state index < -0.39 is 0 Å². The molecule has 0 amide bonds. The summed E-state index contributed by atoms with van der Waals surface area (Å²) >= 11 is 1.28. The molecule has 0 saturated carbocycles. The van der Waals surface area contributed by atoms with Gasteiger partial charge in [0.05, 0.1) is 10.2 Å². The minimum atomic E-state index is 0.0678. The number of aromatic nitrogens is 2. The second-order valence-electron chi connectivity index (χ2n) is 5.02. The molecule has 0 bridgehead atoms. The van der Waals surface area contributed by atoms with E-state index in [0.29, 0.717) is 0 Å². The number of aryl methyl sites for hydroxylation is 1. The molecule has 4 heteroatoms. The first-order valence-corrected chi connectivity index (χ1v) is 7.48. The first-order valence-electron chi connectivity index (χ1n) is 6.67. The van der Waals surface area contributed by atoms with Gasteiger partial charge in [0, 0.05) is 30.4 Å². The maximum Gasteiger partial charge on any atom is 0.307 e. The predicted octanol–water partition coefficient (Wildman–Crippen LogP) is 3.82. The lowest BCUT2D eigenvalue weighted by atomic mass is 10.0. The van der Waals surface area contributed by atoms with Gasteiger partial charge in [0.25, 0.3) is 0 Å². The lowest BCUT2D eigenvalue weighted by Crippen LogP contribution is -2.06. The maximum atomic E-state index is 11.8. The van der Waals surface area contributed by atoms with Crippen LogP contribution in [0.5, 0.6) is 0 Å². The predicted molar refractivity (Wildman–Crippen MR) is 87.8 cm³/mol. The Morgan fingerprint density at radius 3 is 2.86 bits per heavy atom. The second-order valence-corrected chi connectivity index (χ2v) is 6.01. The van der Waals surface area contributed by atoms with E-state index in [-0.39, 0.29) is 4.87 Å². The first kappa shape index (κ1) is 12.3. The van der Waals surface area contributed by atoms with Crippen molar-refractivity contribution >= 4 is 32.3 Å². The third kappa shape index (κ3) is 1.87. The van der Waals surface area contributed by atoms with Gasteiger partial charge >= 0.3 is 4.87 Å². The molecule has 0 spiro atoms. The zero-order valence-electron chi connectivity index (χ0n) is 11.4. The van der Waals surface area contributed by atoms with Gasteiger partial charge in [-0.25, -0.2) is 0 Å². The number of hydrogen-bond donors (Lipinski definition) is 0. The van der Waals surface area contributed by atoms with Crippen LogP contribution in [0.4, 0.5) is 0 Å². The normalized spacial score (nSPS) is 11.3. The Balaban J connectivity index is 2.02. The van der Waals surface area contributed by atoms with Crippen molar-refractivity contribution in [1.29, 1.82) is 0 Å². The Morgan fingerprint density at radius 1 is 1.10 bits per heavy atom. The molecule has 3 nitrogen and oxygen atoms in total. The van der Waals surface area contributed by atoms with Crippen LogP contribution in [0.2, 0.25) is 0 Å². The molecule has 21 heavy (non-hydrogen) atoms. The van der Waals surface area contributed by atoms with Crippen molar-refractivity contribution in [1.82, 2.24) is 9.55 Å². The topological polar surface area (TPSA) is 34.9 Å². The number of rotatable bonds is 1. The van der Waals surface area contributed by atoms with Crippen LogP contribution in [0.25, 0.3) is 32.1 Å². The van der Waals surface area contributed by atoms with Crippen molar-refractivity contribution < 1.29 is 0 Å². The minimum absolute atomic E-state index is 0.0678. The number of hydrogen-bond acceptors (Lipinski definition) is 3. The van der Waals surface area contributed by atoms with Crippen LogP contribution in [0.1, 0.15) is 0 Å². The molecule has 0 aliphatic heterocycles. The van der Waals surface area contributed by atoms with Gasteiger partial charge in [0.2, 0.25) is 0 Å². The highest BCUT2D eigenvalue weighted by molar-refractivity contribution is 7.16. The zero-order valence-corrected chi connectivity index (χ0v) is 12.2. The van der Waals surface area contributed by atoms with Crippen LogP contribution in [0.15, 0.2) is 59.7 Å². The van der Waals surface area contributed by atoms with Crippen molar-refractivity contribution in [3.63, 3.8) is 0 Å². The molecule has 0 radical (unpaired) electrons. The first-order chi connectivity index (χ1) is 10.2. The average Bonchev–Trinajstić information content (AvgIpc) is 2.81. The standard InChI is InChI=1S/C17H12N2OS/c1-19-15-7-6-11(8-16(15)21-17(19)20)14-10-18-9-12-4-2-3-5-13(12)14/h2-10H,1H3. The van der Waals surface area contributed by atoms with Crippen molar-refractivity contribution in [2.75, 3.05) is 0 Å². The van der Waals surface area contributed by atoms with E-state index in [4.69, 9.17) is 0 Å². The Bertz CT molecular complexity index is 1020. The molecule has 0 aliphatic rings. The fourth-order valence-corrected chi connectivity index (χ4v) is 3.57. The Hall–Kier alpha value is -2.46. The summed E-state index contributed by atoms with van der Waals surface area (Å²) in [6.45, 7) is 0. The van der Waals surface area contributed by atoms with Crippen LogP contribution < -0.4 is 4.87 Å². The summed E-state index contributed by atoms with van der Waals surface area (Å²) in [5.41, 5.74) is 3.16. The molecular formula is C17H12N2OS. The van der Waals surface area contributed by atoms with Crippen LogP contribution in [0.3, 0.4) is 0 Å². The molecule has 102 valence electrons. The van der Waals surface area contributed by atoms with Gasteiger partial charge in [-0.2, -0.15) is 0 Å². The van der Waals surface area contributed by atoms with Gasteiger partial charge < -0.3 is 4.57 Å². The molecule has 0 aliphatic carbocycles. The monoisotopic (exact) mass is 292 g/mol. The van der Waals surface area contributed by atoms with Crippen LogP contribution in [-0.4, -0.2) is 9.55 Å². The van der Waals surface area contributed by atoms with Crippen molar-refractivity contribution in [3.05, 3.63) is 64.5 Å². The summed E-state index contributed by atoms with van der Waals surface area (Å²) in [5.74, 6) is 0. The average molecular weight is 292 g/mol. The Labute approximate surface area is 125 Å². The highest BCUT2D eigenvalue weighted by Crippen LogP contribution is 2.30. The van der Waals surface area contributed by atoms with Gasteiger partial charge in [0.15, 0.2) is 0 Å². The number of pyridine rings is 1. The number of thiazole rings is 1. The van der Waals surface area contributed by atoms with E-state index in [1.165, 1.54) is 16.7 Å². The third-order valence-corrected chi connectivity index (χ3v) is 4.77. The molecular weight excluding hydrogens is 280 g/mol. The maximum absolute atomic E-state index is 11.8. The van der Waals surface area contributed by atoms with Gasteiger partial charge in [0.1, 0.15) is 0 Å². The number of fused-ring (bicyclic) bond motifs is 2. The van der Waals surface area contributed by atoms with Crippen molar-refractivity contribution in [2.24, 2.45) is 7.05 Å². The van der Waals surface area contributed by atoms with Crippen molar-refractivity contribution in [3.8, 4) is 11.1 Å². The van der Waals surface area contributed by atoms with Gasteiger partial charge in [-0.3, -0.25) is 9.78 Å². The second kappa shape index (κ2) is 4.53. The van der Waals surface area contributed by atoms with E-state index in [1.54, 1.807) is 11.6 Å².